The fourth-order valence-corrected chi connectivity index (χ4v) is 4.18. The fraction of sp³-hybridized carbons (Fsp3) is 0.667. The Labute approximate surface area is 118 Å². The zero-order chi connectivity index (χ0) is 13.2. The van der Waals surface area contributed by atoms with E-state index in [4.69, 9.17) is 0 Å². The van der Waals surface area contributed by atoms with Gasteiger partial charge < -0.3 is 10.6 Å². The van der Waals surface area contributed by atoms with Crippen LogP contribution in [0.15, 0.2) is 17.5 Å². The van der Waals surface area contributed by atoms with Crippen molar-refractivity contribution in [2.45, 2.75) is 57.2 Å². The van der Waals surface area contributed by atoms with Crippen LogP contribution < -0.4 is 10.6 Å². The summed E-state index contributed by atoms with van der Waals surface area (Å²) >= 11 is 1.70. The highest BCUT2D eigenvalue weighted by molar-refractivity contribution is 7.10. The van der Waals surface area contributed by atoms with Gasteiger partial charge in [-0.3, -0.25) is 4.79 Å². The maximum atomic E-state index is 12.3. The molecule has 2 aliphatic rings. The molecule has 0 aromatic carbocycles. The van der Waals surface area contributed by atoms with Crippen LogP contribution in [0, 0.1) is 5.92 Å². The Morgan fingerprint density at radius 1 is 1.47 bits per heavy atom. The van der Waals surface area contributed by atoms with Crippen molar-refractivity contribution in [1.29, 1.82) is 0 Å². The Kier molecular flexibility index (Phi) is 3.89. The minimum Gasteiger partial charge on any atom is -0.347 e. The van der Waals surface area contributed by atoms with Crippen LogP contribution in [0.5, 0.6) is 0 Å². The van der Waals surface area contributed by atoms with E-state index in [0.29, 0.717) is 6.04 Å². The first-order chi connectivity index (χ1) is 9.24. The standard InChI is InChI=1S/C15H22N2OS/c1-10(14-7-4-8-19-14)16-15(18)13-9-11-5-2-3-6-12(11)17-13/h4,7-8,10-13,17H,2-3,5-6,9H2,1H3,(H,16,18)/t10-,11?,12?,13?/m0/s1. The van der Waals surface area contributed by atoms with Gasteiger partial charge in [0.25, 0.3) is 0 Å². The van der Waals surface area contributed by atoms with Crippen molar-refractivity contribution in [3.8, 4) is 0 Å². The van der Waals surface area contributed by atoms with Crippen LogP contribution in [0.2, 0.25) is 0 Å². The first-order valence-electron chi connectivity index (χ1n) is 7.34. The molecule has 1 saturated carbocycles. The normalized spacial score (nSPS) is 31.7. The second-order valence-electron chi connectivity index (χ2n) is 5.85. The average Bonchev–Trinajstić information content (AvgIpc) is 3.07. The predicted molar refractivity (Wildman–Crippen MR) is 78.2 cm³/mol. The molecule has 4 atom stereocenters. The summed E-state index contributed by atoms with van der Waals surface area (Å²) in [6, 6.07) is 4.84. The SMILES string of the molecule is C[C@H](NC(=O)C1CC2CCCCC2N1)c1cccs1. The van der Waals surface area contributed by atoms with Crippen LogP contribution in [0.3, 0.4) is 0 Å². The quantitative estimate of drug-likeness (QED) is 0.892. The summed E-state index contributed by atoms with van der Waals surface area (Å²) in [6.45, 7) is 2.06. The first kappa shape index (κ1) is 13.1. The minimum absolute atomic E-state index is 0.0236. The smallest absolute Gasteiger partial charge is 0.237 e. The molecule has 0 bridgehead atoms. The van der Waals surface area contributed by atoms with Crippen molar-refractivity contribution in [2.24, 2.45) is 5.92 Å². The molecular weight excluding hydrogens is 256 g/mol. The maximum absolute atomic E-state index is 12.3. The van der Waals surface area contributed by atoms with E-state index in [0.717, 1.165) is 12.3 Å². The lowest BCUT2D eigenvalue weighted by atomic mass is 9.85. The molecule has 0 radical (unpaired) electrons. The van der Waals surface area contributed by atoms with Gasteiger partial charge in [0.2, 0.25) is 5.91 Å². The number of hydrogen-bond acceptors (Lipinski definition) is 3. The highest BCUT2D eigenvalue weighted by atomic mass is 32.1. The molecule has 2 N–H and O–H groups in total. The number of hydrogen-bond donors (Lipinski definition) is 2. The summed E-state index contributed by atoms with van der Waals surface area (Å²) in [5.41, 5.74) is 0. The molecule has 2 fully saturated rings. The van der Waals surface area contributed by atoms with Crippen molar-refractivity contribution >= 4 is 17.2 Å². The molecule has 4 heteroatoms. The first-order valence-corrected chi connectivity index (χ1v) is 8.22. The minimum atomic E-state index is 0.0236. The summed E-state index contributed by atoms with van der Waals surface area (Å²) < 4.78 is 0. The lowest BCUT2D eigenvalue weighted by Crippen LogP contribution is -2.43. The van der Waals surface area contributed by atoms with Gasteiger partial charge in [-0.05, 0) is 43.6 Å². The van der Waals surface area contributed by atoms with E-state index in [2.05, 4.69) is 29.0 Å². The Bertz CT molecular complexity index is 417. The third-order valence-corrected chi connectivity index (χ3v) is 5.56. The Morgan fingerprint density at radius 2 is 2.32 bits per heavy atom. The van der Waals surface area contributed by atoms with Gasteiger partial charge in [0, 0.05) is 10.9 Å². The van der Waals surface area contributed by atoms with Crippen molar-refractivity contribution < 1.29 is 4.79 Å². The monoisotopic (exact) mass is 278 g/mol. The summed E-state index contributed by atoms with van der Waals surface area (Å²) in [6.07, 6.45) is 6.21. The van der Waals surface area contributed by atoms with Gasteiger partial charge in [-0.15, -0.1) is 11.3 Å². The second-order valence-corrected chi connectivity index (χ2v) is 6.83. The van der Waals surface area contributed by atoms with Gasteiger partial charge in [-0.25, -0.2) is 0 Å². The Hall–Kier alpha value is -0.870. The molecule has 104 valence electrons. The molecule has 3 rings (SSSR count). The Morgan fingerprint density at radius 3 is 3.05 bits per heavy atom. The summed E-state index contributed by atoms with van der Waals surface area (Å²) in [7, 11) is 0. The molecule has 1 amide bonds. The predicted octanol–water partition coefficient (Wildman–Crippen LogP) is 2.85. The van der Waals surface area contributed by atoms with E-state index in [1.165, 1.54) is 30.6 Å². The molecule has 2 heterocycles. The van der Waals surface area contributed by atoms with Crippen LogP contribution in [0.25, 0.3) is 0 Å². The van der Waals surface area contributed by atoms with Gasteiger partial charge in [0.05, 0.1) is 12.1 Å². The molecule has 1 saturated heterocycles. The molecule has 1 aromatic heterocycles. The van der Waals surface area contributed by atoms with Crippen LogP contribution in [0.4, 0.5) is 0 Å². The number of fused-ring (bicyclic) bond motifs is 1. The van der Waals surface area contributed by atoms with E-state index in [1.807, 2.05) is 6.07 Å². The lowest BCUT2D eigenvalue weighted by molar-refractivity contribution is -0.123. The number of carbonyl (C=O) groups excluding carboxylic acids is 1. The van der Waals surface area contributed by atoms with Crippen LogP contribution in [-0.2, 0) is 4.79 Å². The van der Waals surface area contributed by atoms with Crippen molar-refractivity contribution in [3.63, 3.8) is 0 Å². The third kappa shape index (κ3) is 2.84. The molecular formula is C15H22N2OS. The lowest BCUT2D eigenvalue weighted by Gasteiger charge is -2.24. The van der Waals surface area contributed by atoms with Gasteiger partial charge >= 0.3 is 0 Å². The van der Waals surface area contributed by atoms with Gasteiger partial charge in [-0.1, -0.05) is 18.9 Å². The second kappa shape index (κ2) is 5.63. The Balaban J connectivity index is 1.56. The molecule has 0 spiro atoms. The molecule has 3 unspecified atom stereocenters. The fourth-order valence-electron chi connectivity index (χ4n) is 3.44. The summed E-state index contributed by atoms with van der Waals surface area (Å²) in [5.74, 6) is 0.900. The van der Waals surface area contributed by atoms with E-state index in [1.54, 1.807) is 11.3 Å². The van der Waals surface area contributed by atoms with Crippen LogP contribution in [-0.4, -0.2) is 18.0 Å². The average molecular weight is 278 g/mol. The summed E-state index contributed by atoms with van der Waals surface area (Å²) in [4.78, 5) is 13.6. The van der Waals surface area contributed by atoms with Crippen LogP contribution in [0.1, 0.15) is 49.9 Å². The number of rotatable bonds is 3. The highest BCUT2D eigenvalue weighted by Gasteiger charge is 2.38. The maximum Gasteiger partial charge on any atom is 0.237 e. The van der Waals surface area contributed by atoms with E-state index in [-0.39, 0.29) is 18.0 Å². The van der Waals surface area contributed by atoms with Gasteiger partial charge in [-0.2, -0.15) is 0 Å². The zero-order valence-electron chi connectivity index (χ0n) is 11.4. The number of nitrogens with one attached hydrogen (secondary N) is 2. The van der Waals surface area contributed by atoms with Crippen molar-refractivity contribution in [3.05, 3.63) is 22.4 Å². The van der Waals surface area contributed by atoms with Crippen molar-refractivity contribution in [2.75, 3.05) is 0 Å². The van der Waals surface area contributed by atoms with E-state index in [9.17, 15) is 4.79 Å². The highest BCUT2D eigenvalue weighted by Crippen LogP contribution is 2.33. The largest absolute Gasteiger partial charge is 0.347 e. The summed E-state index contributed by atoms with van der Waals surface area (Å²) in [5, 5.41) is 8.73. The molecule has 3 nitrogen and oxygen atoms in total. The topological polar surface area (TPSA) is 41.1 Å². The number of thiophene rings is 1. The molecule has 1 aromatic rings. The van der Waals surface area contributed by atoms with Gasteiger partial charge in [0.15, 0.2) is 0 Å². The van der Waals surface area contributed by atoms with E-state index < -0.39 is 0 Å². The number of carbonyl (C=O) groups is 1. The van der Waals surface area contributed by atoms with Crippen LogP contribution >= 0.6 is 11.3 Å². The molecule has 1 aliphatic carbocycles. The molecule has 1 aliphatic heterocycles. The zero-order valence-corrected chi connectivity index (χ0v) is 12.2. The van der Waals surface area contributed by atoms with Gasteiger partial charge in [0.1, 0.15) is 0 Å². The van der Waals surface area contributed by atoms with Crippen molar-refractivity contribution in [1.82, 2.24) is 10.6 Å². The molecule has 19 heavy (non-hydrogen) atoms. The number of amides is 1. The van der Waals surface area contributed by atoms with E-state index >= 15 is 0 Å². The third-order valence-electron chi connectivity index (χ3n) is 4.51.